The Balaban J connectivity index is 2.31. The number of anilines is 1. The monoisotopic (exact) mass is 249 g/mol. The van der Waals surface area contributed by atoms with Crippen LogP contribution in [0.4, 0.5) is 5.82 Å². The van der Waals surface area contributed by atoms with Gasteiger partial charge in [0.2, 0.25) is 0 Å². The van der Waals surface area contributed by atoms with Crippen molar-refractivity contribution >= 4 is 17.0 Å². The Morgan fingerprint density at radius 3 is 3.17 bits per heavy atom. The van der Waals surface area contributed by atoms with E-state index in [0.717, 1.165) is 5.57 Å². The second kappa shape index (κ2) is 5.01. The van der Waals surface area contributed by atoms with Crippen molar-refractivity contribution in [3.05, 3.63) is 28.5 Å². The summed E-state index contributed by atoms with van der Waals surface area (Å²) in [6, 6.07) is -0.0575. The van der Waals surface area contributed by atoms with Gasteiger partial charge in [-0.25, -0.2) is 9.78 Å². The number of fused-ring (bicyclic) bond motifs is 1. The molecule has 7 heteroatoms. The number of H-pyrrole nitrogens is 2. The van der Waals surface area contributed by atoms with E-state index in [1.165, 1.54) is 6.33 Å². The van der Waals surface area contributed by atoms with E-state index in [1.54, 1.807) is 0 Å². The average Bonchev–Trinajstić information content (AvgIpc) is 2.76. The fraction of sp³-hybridized carbons (Fsp3) is 0.364. The first kappa shape index (κ1) is 12.3. The summed E-state index contributed by atoms with van der Waals surface area (Å²) in [6.07, 6.45) is 3.36. The van der Waals surface area contributed by atoms with Gasteiger partial charge in [-0.2, -0.15) is 4.98 Å². The molecule has 2 rings (SSSR count). The summed E-state index contributed by atoms with van der Waals surface area (Å²) in [7, 11) is 0. The van der Waals surface area contributed by atoms with Crippen molar-refractivity contribution in [1.29, 1.82) is 0 Å². The lowest BCUT2D eigenvalue weighted by Gasteiger charge is -2.11. The van der Waals surface area contributed by atoms with E-state index in [1.807, 2.05) is 19.9 Å². The Labute approximate surface area is 103 Å². The van der Waals surface area contributed by atoms with E-state index in [-0.39, 0.29) is 12.6 Å². The van der Waals surface area contributed by atoms with Crippen LogP contribution in [0.15, 0.2) is 22.8 Å². The van der Waals surface area contributed by atoms with E-state index >= 15 is 0 Å². The number of aromatic nitrogens is 4. The predicted molar refractivity (Wildman–Crippen MR) is 68.4 cm³/mol. The maximum atomic E-state index is 11.3. The van der Waals surface area contributed by atoms with Gasteiger partial charge in [0.25, 0.3) is 0 Å². The second-order valence-corrected chi connectivity index (χ2v) is 4.12. The third kappa shape index (κ3) is 2.57. The first-order chi connectivity index (χ1) is 8.60. The third-order valence-electron chi connectivity index (χ3n) is 2.46. The molecule has 2 aromatic rings. The lowest BCUT2D eigenvalue weighted by Crippen LogP contribution is -2.19. The molecule has 96 valence electrons. The zero-order chi connectivity index (χ0) is 13.1. The van der Waals surface area contributed by atoms with Crippen LogP contribution in [0.25, 0.3) is 11.2 Å². The molecular formula is C11H15N5O2. The highest BCUT2D eigenvalue weighted by molar-refractivity contribution is 5.82. The van der Waals surface area contributed by atoms with Crippen molar-refractivity contribution in [1.82, 2.24) is 19.9 Å². The van der Waals surface area contributed by atoms with Gasteiger partial charge in [0.1, 0.15) is 5.52 Å². The topological polar surface area (TPSA) is 107 Å². The molecule has 1 atom stereocenters. The summed E-state index contributed by atoms with van der Waals surface area (Å²) in [6.45, 7) is 3.74. The number of imidazole rings is 1. The number of rotatable bonds is 4. The minimum Gasteiger partial charge on any atom is -0.392 e. The van der Waals surface area contributed by atoms with Crippen LogP contribution >= 0.6 is 0 Å². The van der Waals surface area contributed by atoms with Gasteiger partial charge < -0.3 is 15.4 Å². The number of aliphatic hydroxyl groups is 1. The number of hydrogen-bond donors (Lipinski definition) is 4. The van der Waals surface area contributed by atoms with E-state index in [9.17, 15) is 4.79 Å². The normalized spacial score (nSPS) is 13.8. The van der Waals surface area contributed by atoms with Crippen LogP contribution in [-0.2, 0) is 0 Å². The van der Waals surface area contributed by atoms with Gasteiger partial charge in [-0.1, -0.05) is 11.6 Å². The van der Waals surface area contributed by atoms with Gasteiger partial charge in [0, 0.05) is 6.04 Å². The Morgan fingerprint density at radius 2 is 2.44 bits per heavy atom. The molecule has 2 aromatic heterocycles. The summed E-state index contributed by atoms with van der Waals surface area (Å²) in [5.41, 5.74) is 1.51. The molecule has 0 saturated heterocycles. The van der Waals surface area contributed by atoms with Gasteiger partial charge in [-0.3, -0.25) is 4.98 Å². The summed E-state index contributed by atoms with van der Waals surface area (Å²) in [5.74, 6) is 0.445. The largest absolute Gasteiger partial charge is 0.392 e. The van der Waals surface area contributed by atoms with Gasteiger partial charge in [-0.15, -0.1) is 0 Å². The molecule has 0 aliphatic rings. The van der Waals surface area contributed by atoms with Crippen LogP contribution in [0, 0.1) is 0 Å². The van der Waals surface area contributed by atoms with Crippen LogP contribution < -0.4 is 11.0 Å². The molecule has 0 aromatic carbocycles. The van der Waals surface area contributed by atoms with Gasteiger partial charge >= 0.3 is 5.69 Å². The molecule has 18 heavy (non-hydrogen) atoms. The zero-order valence-corrected chi connectivity index (χ0v) is 10.2. The standard InChI is InChI=1S/C11H15N5O2/c1-6(4-17)3-7(2)14-10-8-9(13-5-12-8)15-11(18)16-10/h3,5,7,17H,4H2,1-2H3,(H3,12,13,14,15,16,18)/b6-3+/t7-/m1/s1. The second-order valence-electron chi connectivity index (χ2n) is 4.12. The maximum Gasteiger partial charge on any atom is 0.348 e. The van der Waals surface area contributed by atoms with Crippen molar-refractivity contribution in [3.8, 4) is 0 Å². The first-order valence-corrected chi connectivity index (χ1v) is 5.58. The number of aliphatic hydroxyl groups excluding tert-OH is 1. The quantitative estimate of drug-likeness (QED) is 0.586. The van der Waals surface area contributed by atoms with Crippen molar-refractivity contribution in [2.24, 2.45) is 0 Å². The van der Waals surface area contributed by atoms with Crippen LogP contribution in [0.5, 0.6) is 0 Å². The lowest BCUT2D eigenvalue weighted by molar-refractivity contribution is 0.331. The highest BCUT2D eigenvalue weighted by Gasteiger charge is 2.08. The molecule has 7 nitrogen and oxygen atoms in total. The molecule has 2 heterocycles. The van der Waals surface area contributed by atoms with Crippen LogP contribution in [0.2, 0.25) is 0 Å². The molecule has 0 aliphatic heterocycles. The number of aromatic amines is 2. The zero-order valence-electron chi connectivity index (χ0n) is 10.2. The number of nitrogens with one attached hydrogen (secondary N) is 3. The highest BCUT2D eigenvalue weighted by Crippen LogP contribution is 2.14. The van der Waals surface area contributed by atoms with Crippen molar-refractivity contribution in [2.45, 2.75) is 19.9 Å². The van der Waals surface area contributed by atoms with E-state index < -0.39 is 5.69 Å². The molecule has 0 amide bonds. The molecular weight excluding hydrogens is 234 g/mol. The molecule has 0 radical (unpaired) electrons. The Bertz CT molecular complexity index is 628. The van der Waals surface area contributed by atoms with Crippen LogP contribution in [0.1, 0.15) is 13.8 Å². The highest BCUT2D eigenvalue weighted by atomic mass is 16.3. The fourth-order valence-corrected chi connectivity index (χ4v) is 1.70. The van der Waals surface area contributed by atoms with E-state index in [2.05, 4.69) is 25.3 Å². The molecule has 4 N–H and O–H groups in total. The Hall–Kier alpha value is -2.15. The van der Waals surface area contributed by atoms with Gasteiger partial charge in [-0.05, 0) is 13.8 Å². The molecule has 0 spiro atoms. The van der Waals surface area contributed by atoms with E-state index in [4.69, 9.17) is 5.11 Å². The molecule has 0 bridgehead atoms. The van der Waals surface area contributed by atoms with Crippen LogP contribution in [-0.4, -0.2) is 37.7 Å². The van der Waals surface area contributed by atoms with Crippen LogP contribution in [0.3, 0.4) is 0 Å². The summed E-state index contributed by atoms with van der Waals surface area (Å²) in [4.78, 5) is 24.6. The minimum atomic E-state index is -0.452. The molecule has 0 fully saturated rings. The van der Waals surface area contributed by atoms with Crippen molar-refractivity contribution in [2.75, 3.05) is 11.9 Å². The van der Waals surface area contributed by atoms with Gasteiger partial charge in [0.05, 0.1) is 12.9 Å². The first-order valence-electron chi connectivity index (χ1n) is 5.58. The number of nitrogens with zero attached hydrogens (tertiary/aromatic N) is 2. The Morgan fingerprint density at radius 1 is 1.67 bits per heavy atom. The molecule has 0 unspecified atom stereocenters. The SMILES string of the molecule is C/C(=C\[C@@H](C)Nc1nc(=O)[nH]c2nc[nH]c12)CO. The average molecular weight is 249 g/mol. The lowest BCUT2D eigenvalue weighted by atomic mass is 10.2. The third-order valence-corrected chi connectivity index (χ3v) is 2.46. The summed E-state index contributed by atoms with van der Waals surface area (Å²) in [5, 5.41) is 12.0. The van der Waals surface area contributed by atoms with Crippen molar-refractivity contribution < 1.29 is 5.11 Å². The molecule has 0 saturated carbocycles. The smallest absolute Gasteiger partial charge is 0.348 e. The fourth-order valence-electron chi connectivity index (χ4n) is 1.70. The maximum absolute atomic E-state index is 11.3. The predicted octanol–water partition coefficient (Wildman–Crippen LogP) is 0.385. The molecule has 0 aliphatic carbocycles. The van der Waals surface area contributed by atoms with E-state index in [0.29, 0.717) is 17.0 Å². The summed E-state index contributed by atoms with van der Waals surface area (Å²) < 4.78 is 0. The number of hydrogen-bond acceptors (Lipinski definition) is 5. The van der Waals surface area contributed by atoms with Gasteiger partial charge in [0.15, 0.2) is 11.5 Å². The minimum absolute atomic E-state index is 0.00822. The van der Waals surface area contributed by atoms with Crippen molar-refractivity contribution in [3.63, 3.8) is 0 Å². The Kier molecular flexibility index (Phi) is 3.42. The summed E-state index contributed by atoms with van der Waals surface area (Å²) >= 11 is 0.